The molecule has 1 aliphatic rings. The average molecular weight is 573 g/mol. The first-order valence-corrected chi connectivity index (χ1v) is 13.0. The molecule has 4 aromatic rings. The topological polar surface area (TPSA) is 154 Å². The van der Waals surface area contributed by atoms with Crippen LogP contribution in [-0.4, -0.2) is 71.1 Å². The number of hydrogen-bond acceptors (Lipinski definition) is 12. The molecule has 2 aromatic carbocycles. The normalized spacial score (nSPS) is 13.0. The Morgan fingerprint density at radius 2 is 1.95 bits per heavy atom. The van der Waals surface area contributed by atoms with Gasteiger partial charge in [0.1, 0.15) is 46.0 Å². The van der Waals surface area contributed by atoms with Gasteiger partial charge >= 0.3 is 0 Å². The Balaban J connectivity index is 1.44. The number of rotatable bonds is 9. The van der Waals surface area contributed by atoms with Gasteiger partial charge in [-0.05, 0) is 25.1 Å². The maximum absolute atomic E-state index is 15.9. The van der Waals surface area contributed by atoms with E-state index in [9.17, 15) is 4.79 Å². The van der Waals surface area contributed by atoms with Gasteiger partial charge in [-0.1, -0.05) is 6.58 Å². The third kappa shape index (κ3) is 5.46. The van der Waals surface area contributed by atoms with Crippen molar-refractivity contribution >= 4 is 45.8 Å². The van der Waals surface area contributed by atoms with Crippen LogP contribution < -0.4 is 25.0 Å². The van der Waals surface area contributed by atoms with E-state index < -0.39 is 5.82 Å². The quantitative estimate of drug-likeness (QED) is 0.185. The number of benzene rings is 2. The third-order valence-electron chi connectivity index (χ3n) is 6.89. The number of halogens is 1. The zero-order valence-electron chi connectivity index (χ0n) is 23.3. The molecule has 42 heavy (non-hydrogen) atoms. The summed E-state index contributed by atoms with van der Waals surface area (Å²) in [6.07, 6.45) is 4.22. The minimum absolute atomic E-state index is 0.0476. The molecule has 2 aromatic heterocycles. The summed E-state index contributed by atoms with van der Waals surface area (Å²) in [7, 11) is 3.15. The molecule has 5 rings (SSSR count). The van der Waals surface area contributed by atoms with E-state index in [4.69, 9.17) is 15.0 Å². The molecule has 1 saturated heterocycles. The molecule has 3 N–H and O–H groups in total. The molecule has 0 saturated carbocycles. The Bertz CT molecular complexity index is 1670. The molecular formula is C28H29FN10O3. The number of anilines is 4. The van der Waals surface area contributed by atoms with Crippen LogP contribution in [0.4, 0.5) is 33.2 Å². The second kappa shape index (κ2) is 12.0. The SMILES string of the molecule is C=CC(=O)N1CCN(c2ncc3ncnc(Nc4c(OC)cc(Oc5ccc(NC)c(N=N)c5)c(C)c4F)c3n2)CC1. The highest BCUT2D eigenvalue weighted by atomic mass is 19.1. The fraction of sp³-hybridized carbons (Fsp3) is 0.250. The lowest BCUT2D eigenvalue weighted by atomic mass is 10.1. The largest absolute Gasteiger partial charge is 0.494 e. The summed E-state index contributed by atoms with van der Waals surface area (Å²) >= 11 is 0. The lowest BCUT2D eigenvalue weighted by molar-refractivity contribution is -0.126. The molecule has 0 bridgehead atoms. The number of piperazine rings is 1. The van der Waals surface area contributed by atoms with E-state index in [0.29, 0.717) is 60.3 Å². The van der Waals surface area contributed by atoms with E-state index in [1.54, 1.807) is 49.3 Å². The van der Waals surface area contributed by atoms with Crippen molar-refractivity contribution in [2.24, 2.45) is 5.11 Å². The maximum atomic E-state index is 15.9. The van der Waals surface area contributed by atoms with Gasteiger partial charge in [-0.3, -0.25) is 4.79 Å². The van der Waals surface area contributed by atoms with Crippen LogP contribution in [0.5, 0.6) is 17.2 Å². The van der Waals surface area contributed by atoms with E-state index in [1.165, 1.54) is 19.5 Å². The highest BCUT2D eigenvalue weighted by Gasteiger charge is 2.23. The second-order valence-corrected chi connectivity index (χ2v) is 9.30. The Hall–Kier alpha value is -5.40. The predicted molar refractivity (Wildman–Crippen MR) is 156 cm³/mol. The van der Waals surface area contributed by atoms with Gasteiger partial charge in [-0.25, -0.2) is 29.9 Å². The van der Waals surface area contributed by atoms with Gasteiger partial charge in [0.25, 0.3) is 0 Å². The summed E-state index contributed by atoms with van der Waals surface area (Å²) in [5, 5.41) is 9.49. The summed E-state index contributed by atoms with van der Waals surface area (Å²) in [6.45, 7) is 7.24. The molecule has 0 atom stereocenters. The van der Waals surface area contributed by atoms with Crippen molar-refractivity contribution in [2.75, 3.05) is 55.9 Å². The number of ether oxygens (including phenoxy) is 2. The van der Waals surface area contributed by atoms with Crippen LogP contribution in [-0.2, 0) is 4.79 Å². The predicted octanol–water partition coefficient (Wildman–Crippen LogP) is 4.95. The van der Waals surface area contributed by atoms with Crippen LogP contribution in [0.15, 0.2) is 54.6 Å². The van der Waals surface area contributed by atoms with Crippen molar-refractivity contribution in [3.05, 3.63) is 60.8 Å². The second-order valence-electron chi connectivity index (χ2n) is 9.30. The summed E-state index contributed by atoms with van der Waals surface area (Å²) in [4.78, 5) is 33.3. The van der Waals surface area contributed by atoms with Gasteiger partial charge in [-0.15, -0.1) is 0 Å². The molecule has 0 spiro atoms. The Kier molecular flexibility index (Phi) is 8.04. The molecule has 1 aliphatic heterocycles. The standard InChI is InChI=1S/C28H29FN10O3/c1-5-23(40)38-8-10-39(11-9-38)28-32-14-20-25(36-28)27(34-15-33-20)35-26-22(41-4)13-21(16(2)24(26)29)42-17-6-7-18(31-3)19(12-17)37-30/h5-7,12-15,30-31H,1,8-11H2,2-4H3,(H,33,34,35). The van der Waals surface area contributed by atoms with E-state index in [0.717, 1.165) is 0 Å². The minimum atomic E-state index is -0.606. The summed E-state index contributed by atoms with van der Waals surface area (Å²) in [5.41, 5.74) is 9.57. The average Bonchev–Trinajstić information content (AvgIpc) is 3.03. The lowest BCUT2D eigenvalue weighted by Gasteiger charge is -2.34. The number of methoxy groups -OCH3 is 1. The van der Waals surface area contributed by atoms with E-state index in [2.05, 4.69) is 42.3 Å². The number of carbonyl (C=O) groups is 1. The summed E-state index contributed by atoms with van der Waals surface area (Å²) in [5.74, 6) is 0.775. The molecule has 216 valence electrons. The number of aromatic nitrogens is 4. The van der Waals surface area contributed by atoms with E-state index >= 15 is 4.39 Å². The highest BCUT2D eigenvalue weighted by Crippen LogP contribution is 2.41. The van der Waals surface area contributed by atoms with Gasteiger partial charge in [-0.2, -0.15) is 5.11 Å². The van der Waals surface area contributed by atoms with Crippen molar-refractivity contribution in [1.82, 2.24) is 24.8 Å². The van der Waals surface area contributed by atoms with Gasteiger partial charge in [0, 0.05) is 50.9 Å². The molecule has 1 amide bonds. The van der Waals surface area contributed by atoms with Gasteiger partial charge in [0.2, 0.25) is 11.9 Å². The zero-order chi connectivity index (χ0) is 29.8. The summed E-state index contributed by atoms with van der Waals surface area (Å²) < 4.78 is 27.3. The first kappa shape index (κ1) is 28.1. The van der Waals surface area contributed by atoms with Crippen LogP contribution in [0.1, 0.15) is 5.56 Å². The van der Waals surface area contributed by atoms with Crippen LogP contribution in [0.25, 0.3) is 11.0 Å². The number of hydrogen-bond donors (Lipinski definition) is 3. The van der Waals surface area contributed by atoms with E-state index in [1.807, 2.05) is 4.90 Å². The van der Waals surface area contributed by atoms with Crippen LogP contribution in [0.3, 0.4) is 0 Å². The molecule has 1 fully saturated rings. The highest BCUT2D eigenvalue weighted by molar-refractivity contribution is 5.89. The van der Waals surface area contributed by atoms with Crippen molar-refractivity contribution in [3.8, 4) is 17.2 Å². The zero-order valence-corrected chi connectivity index (χ0v) is 23.3. The van der Waals surface area contributed by atoms with E-state index in [-0.39, 0.29) is 34.5 Å². The molecular weight excluding hydrogens is 543 g/mol. The lowest BCUT2D eigenvalue weighted by Crippen LogP contribution is -2.48. The molecule has 0 unspecified atom stereocenters. The molecule has 14 heteroatoms. The van der Waals surface area contributed by atoms with Gasteiger partial charge in [0.15, 0.2) is 11.6 Å². The molecule has 3 heterocycles. The van der Waals surface area contributed by atoms with Gasteiger partial charge < -0.3 is 29.9 Å². The van der Waals surface area contributed by atoms with Crippen LogP contribution >= 0.6 is 0 Å². The first-order chi connectivity index (χ1) is 20.4. The summed E-state index contributed by atoms with van der Waals surface area (Å²) in [6, 6.07) is 6.56. The van der Waals surface area contributed by atoms with Crippen molar-refractivity contribution in [3.63, 3.8) is 0 Å². The van der Waals surface area contributed by atoms with Crippen LogP contribution in [0.2, 0.25) is 0 Å². The van der Waals surface area contributed by atoms with Crippen molar-refractivity contribution in [1.29, 1.82) is 5.53 Å². The van der Waals surface area contributed by atoms with Crippen molar-refractivity contribution < 1.29 is 18.7 Å². The van der Waals surface area contributed by atoms with Gasteiger partial charge in [0.05, 0.1) is 19.0 Å². The fourth-order valence-corrected chi connectivity index (χ4v) is 4.56. The Morgan fingerprint density at radius 3 is 2.64 bits per heavy atom. The van der Waals surface area contributed by atoms with Crippen molar-refractivity contribution in [2.45, 2.75) is 6.92 Å². The smallest absolute Gasteiger partial charge is 0.246 e. The Labute approximate surface area is 240 Å². The monoisotopic (exact) mass is 572 g/mol. The number of nitrogens with one attached hydrogen (secondary N) is 3. The fourth-order valence-electron chi connectivity index (χ4n) is 4.56. The number of nitrogens with zero attached hydrogens (tertiary/aromatic N) is 7. The third-order valence-corrected chi connectivity index (χ3v) is 6.89. The number of amides is 1. The Morgan fingerprint density at radius 1 is 1.17 bits per heavy atom. The number of fused-ring (bicyclic) bond motifs is 1. The first-order valence-electron chi connectivity index (χ1n) is 13.0. The number of carbonyl (C=O) groups excluding carboxylic acids is 1. The maximum Gasteiger partial charge on any atom is 0.246 e. The van der Waals surface area contributed by atoms with Crippen LogP contribution in [0, 0.1) is 18.3 Å². The molecule has 0 aliphatic carbocycles. The molecule has 0 radical (unpaired) electrons. The minimum Gasteiger partial charge on any atom is -0.494 e. The molecule has 13 nitrogen and oxygen atoms in total.